The number of rotatable bonds is 1. The first kappa shape index (κ1) is 17.5. The van der Waals surface area contributed by atoms with Crippen molar-refractivity contribution >= 4 is 21.8 Å². The van der Waals surface area contributed by atoms with E-state index < -0.39 is 0 Å². The number of benzene rings is 4. The van der Waals surface area contributed by atoms with Gasteiger partial charge >= 0.3 is 0 Å². The Morgan fingerprint density at radius 3 is 2.33 bits per heavy atom. The number of aryl methyl sites for hydroxylation is 2. The lowest BCUT2D eigenvalue weighted by Gasteiger charge is -2.35. The van der Waals surface area contributed by atoms with Crippen LogP contribution >= 0.6 is 0 Å². The van der Waals surface area contributed by atoms with E-state index in [1.165, 1.54) is 55.4 Å². The highest BCUT2D eigenvalue weighted by Gasteiger charge is 2.36. The lowest BCUT2D eigenvalue weighted by molar-refractivity contribution is -0.575. The average molecular weight is 389 g/mol. The Morgan fingerprint density at radius 1 is 0.800 bits per heavy atom. The lowest BCUT2D eigenvalue weighted by Crippen LogP contribution is -2.41. The summed E-state index contributed by atoms with van der Waals surface area (Å²) in [6.07, 6.45) is 3.72. The third-order valence-corrected chi connectivity index (χ3v) is 6.79. The van der Waals surface area contributed by atoms with Crippen LogP contribution in [0, 0.1) is 20.2 Å². The van der Waals surface area contributed by atoms with Crippen LogP contribution in [-0.2, 0) is 5.41 Å². The second kappa shape index (κ2) is 5.82. The molecule has 1 aromatic heterocycles. The normalized spacial score (nSPS) is 14.3. The molecule has 6 rings (SSSR count). The third-order valence-electron chi connectivity index (χ3n) is 6.79. The Morgan fingerprint density at radius 2 is 1.53 bits per heavy atom. The molecule has 0 fully saturated rings. The van der Waals surface area contributed by atoms with E-state index in [9.17, 15) is 0 Å². The highest BCUT2D eigenvalue weighted by molar-refractivity contribution is 5.92. The number of hydrogen-bond donors (Lipinski definition) is 0. The van der Waals surface area contributed by atoms with Crippen LogP contribution in [0.4, 0.5) is 0 Å². The Bertz CT molecular complexity index is 1460. The van der Waals surface area contributed by atoms with Gasteiger partial charge < -0.3 is 0 Å². The van der Waals surface area contributed by atoms with Gasteiger partial charge in [0.2, 0.25) is 0 Å². The van der Waals surface area contributed by atoms with Gasteiger partial charge in [0, 0.05) is 5.41 Å². The molecule has 1 aliphatic heterocycles. The summed E-state index contributed by atoms with van der Waals surface area (Å²) in [5, 5.41) is 2.61. The van der Waals surface area contributed by atoms with E-state index in [-0.39, 0.29) is 5.41 Å². The number of hydrogen-bond acceptors (Lipinski definition) is 0. The number of para-hydroxylation sites is 2. The van der Waals surface area contributed by atoms with Crippen molar-refractivity contribution in [2.24, 2.45) is 0 Å². The van der Waals surface area contributed by atoms with E-state index in [0.29, 0.717) is 0 Å². The van der Waals surface area contributed by atoms with Crippen LogP contribution in [0.25, 0.3) is 33.2 Å². The summed E-state index contributed by atoms with van der Waals surface area (Å²) < 4.78 is 4.54. The average Bonchev–Trinajstić information content (AvgIpc) is 3.11. The Hall–Kier alpha value is -3.39. The van der Waals surface area contributed by atoms with Gasteiger partial charge in [-0.05, 0) is 52.9 Å². The van der Waals surface area contributed by atoms with Crippen molar-refractivity contribution in [1.82, 2.24) is 4.57 Å². The summed E-state index contributed by atoms with van der Waals surface area (Å²) in [6.45, 7) is 9.07. The second-order valence-corrected chi connectivity index (χ2v) is 8.99. The van der Waals surface area contributed by atoms with Crippen LogP contribution in [0.5, 0.6) is 0 Å². The maximum absolute atomic E-state index is 3.72. The fourth-order valence-electron chi connectivity index (χ4n) is 5.40. The largest absolute Gasteiger partial charge is 0.291 e. The highest BCUT2D eigenvalue weighted by atomic mass is 15.2. The van der Waals surface area contributed by atoms with E-state index in [2.05, 4.69) is 116 Å². The van der Waals surface area contributed by atoms with Gasteiger partial charge in [0.25, 0.3) is 6.33 Å². The van der Waals surface area contributed by atoms with Crippen LogP contribution in [0.1, 0.15) is 36.1 Å². The maximum atomic E-state index is 3.72. The van der Waals surface area contributed by atoms with Crippen molar-refractivity contribution in [2.75, 3.05) is 0 Å². The van der Waals surface area contributed by atoms with Crippen LogP contribution in [-0.4, -0.2) is 4.57 Å². The minimum absolute atomic E-state index is 0.101. The van der Waals surface area contributed by atoms with Gasteiger partial charge in [-0.3, -0.25) is 9.13 Å². The molecule has 0 N–H and O–H groups in total. The summed E-state index contributed by atoms with van der Waals surface area (Å²) in [5.41, 5.74) is 10.1. The van der Waals surface area contributed by atoms with Gasteiger partial charge in [-0.15, -0.1) is 0 Å². The van der Waals surface area contributed by atoms with Gasteiger partial charge in [0.1, 0.15) is 0 Å². The fraction of sp³-hybridized carbons (Fsp3) is 0.179. The quantitative estimate of drug-likeness (QED) is 0.242. The SMILES string of the molecule is Cc1cccc(C)c1-n1[c-][n+]2c3c(cccc31)C(C)(C)c1c-2ccc2ccccc12. The highest BCUT2D eigenvalue weighted by Crippen LogP contribution is 2.44. The van der Waals surface area contributed by atoms with Crippen molar-refractivity contribution in [3.8, 4) is 11.4 Å². The maximum Gasteiger partial charge on any atom is 0.269 e. The molecule has 0 saturated carbocycles. The summed E-state index contributed by atoms with van der Waals surface area (Å²) >= 11 is 0. The lowest BCUT2D eigenvalue weighted by atomic mass is 9.73. The topological polar surface area (TPSA) is 8.81 Å². The van der Waals surface area contributed by atoms with Crippen LogP contribution in [0.3, 0.4) is 0 Å². The summed E-state index contributed by atoms with van der Waals surface area (Å²) in [5.74, 6) is 0. The molecule has 146 valence electrons. The summed E-state index contributed by atoms with van der Waals surface area (Å²) in [4.78, 5) is 0. The van der Waals surface area contributed by atoms with Crippen molar-refractivity contribution in [1.29, 1.82) is 0 Å². The molecule has 0 aliphatic carbocycles. The van der Waals surface area contributed by atoms with Crippen molar-refractivity contribution in [3.63, 3.8) is 0 Å². The molecule has 2 heterocycles. The summed E-state index contributed by atoms with van der Waals surface area (Å²) in [7, 11) is 0. The van der Waals surface area contributed by atoms with Crippen LogP contribution in [0.2, 0.25) is 0 Å². The number of imidazole rings is 1. The first-order valence-electron chi connectivity index (χ1n) is 10.6. The van der Waals surface area contributed by atoms with Crippen LogP contribution < -0.4 is 4.57 Å². The smallest absolute Gasteiger partial charge is 0.269 e. The zero-order valence-corrected chi connectivity index (χ0v) is 17.8. The molecule has 0 bridgehead atoms. The van der Waals surface area contributed by atoms with E-state index in [1.54, 1.807) is 0 Å². The number of fused-ring (bicyclic) bond motifs is 4. The summed E-state index contributed by atoms with van der Waals surface area (Å²) in [6, 6.07) is 26.4. The van der Waals surface area contributed by atoms with Gasteiger partial charge in [0.05, 0.1) is 22.4 Å². The zero-order valence-electron chi connectivity index (χ0n) is 17.8. The van der Waals surface area contributed by atoms with E-state index in [1.807, 2.05) is 0 Å². The molecule has 0 unspecified atom stereocenters. The van der Waals surface area contributed by atoms with Crippen LogP contribution in [0.15, 0.2) is 72.8 Å². The molecule has 5 aromatic rings. The molecule has 1 aliphatic rings. The molecule has 0 spiro atoms. The third kappa shape index (κ3) is 2.11. The molecular weight excluding hydrogens is 364 g/mol. The Labute approximate surface area is 177 Å². The first-order valence-corrected chi connectivity index (χ1v) is 10.6. The molecule has 0 radical (unpaired) electrons. The fourth-order valence-corrected chi connectivity index (χ4v) is 5.40. The standard InChI is InChI=1S/C28H24N2/c1-18-9-7-10-19(2)26(18)30-17-29-23-16-15-20-11-5-6-12-21(20)25(23)28(3,4)22-13-8-14-24(30)27(22)29/h5-16H,1-4H3. The molecule has 0 amide bonds. The molecular formula is C28H24N2. The molecule has 0 saturated heterocycles. The molecule has 2 heteroatoms. The predicted molar refractivity (Wildman–Crippen MR) is 123 cm³/mol. The zero-order chi connectivity index (χ0) is 20.6. The van der Waals surface area contributed by atoms with Crippen molar-refractivity contribution in [2.45, 2.75) is 33.1 Å². The second-order valence-electron chi connectivity index (χ2n) is 8.99. The van der Waals surface area contributed by atoms with Gasteiger partial charge in [-0.25, -0.2) is 0 Å². The molecule has 30 heavy (non-hydrogen) atoms. The van der Waals surface area contributed by atoms with E-state index in [4.69, 9.17) is 0 Å². The Kier molecular flexibility index (Phi) is 3.39. The van der Waals surface area contributed by atoms with Gasteiger partial charge in [-0.2, -0.15) is 0 Å². The minimum atomic E-state index is -0.101. The first-order chi connectivity index (χ1) is 14.5. The monoisotopic (exact) mass is 388 g/mol. The number of nitrogens with zero attached hydrogens (tertiary/aromatic N) is 2. The predicted octanol–water partition coefficient (Wildman–Crippen LogP) is 6.12. The van der Waals surface area contributed by atoms with Gasteiger partial charge in [0.15, 0.2) is 0 Å². The number of aromatic nitrogens is 2. The van der Waals surface area contributed by atoms with E-state index >= 15 is 0 Å². The van der Waals surface area contributed by atoms with Crippen molar-refractivity contribution in [3.05, 3.63) is 101 Å². The molecule has 2 nitrogen and oxygen atoms in total. The van der Waals surface area contributed by atoms with Crippen molar-refractivity contribution < 1.29 is 4.57 Å². The minimum Gasteiger partial charge on any atom is -0.291 e. The molecule has 4 aromatic carbocycles. The van der Waals surface area contributed by atoms with Gasteiger partial charge in [-0.1, -0.05) is 80.6 Å². The molecule has 0 atom stereocenters. The van der Waals surface area contributed by atoms with E-state index in [0.717, 1.165) is 0 Å². The Balaban J connectivity index is 1.80.